The maximum Gasteiger partial charge on any atom is 0.326 e. The van der Waals surface area contributed by atoms with E-state index in [0.717, 1.165) is 12.0 Å². The zero-order valence-electron chi connectivity index (χ0n) is 15.3. The van der Waals surface area contributed by atoms with Crippen molar-refractivity contribution in [2.75, 3.05) is 7.05 Å². The molecule has 0 bridgehead atoms. The van der Waals surface area contributed by atoms with Crippen molar-refractivity contribution in [2.24, 2.45) is 0 Å². The van der Waals surface area contributed by atoms with E-state index in [4.69, 9.17) is 4.74 Å². The lowest BCUT2D eigenvalue weighted by Gasteiger charge is -2.25. The molecule has 1 aromatic carbocycles. The molecule has 6 nitrogen and oxygen atoms in total. The Morgan fingerprint density at radius 2 is 1.92 bits per heavy atom. The van der Waals surface area contributed by atoms with Gasteiger partial charge in [0.2, 0.25) is 5.88 Å². The summed E-state index contributed by atoms with van der Waals surface area (Å²) in [5.41, 5.74) is 1.20. The molecule has 2 atom stereocenters. The quantitative estimate of drug-likeness (QED) is 0.786. The van der Waals surface area contributed by atoms with Gasteiger partial charge in [0.15, 0.2) is 0 Å². The highest BCUT2D eigenvalue weighted by molar-refractivity contribution is 5.96. The van der Waals surface area contributed by atoms with Crippen molar-refractivity contribution in [2.45, 2.75) is 38.8 Å². The summed E-state index contributed by atoms with van der Waals surface area (Å²) in [6.45, 7) is 3.91. The molecule has 0 saturated heterocycles. The number of carbonyl (C=O) groups is 2. The molecule has 0 fully saturated rings. The molecule has 138 valence electrons. The number of aliphatic carboxylic acids is 1. The Morgan fingerprint density at radius 1 is 1.23 bits per heavy atom. The maximum absolute atomic E-state index is 12.8. The molecule has 0 aliphatic rings. The first-order valence-electron chi connectivity index (χ1n) is 8.59. The number of hydrogen-bond donors (Lipinski definition) is 1. The van der Waals surface area contributed by atoms with Crippen LogP contribution in [0.5, 0.6) is 5.88 Å². The first kappa shape index (κ1) is 19.4. The van der Waals surface area contributed by atoms with Gasteiger partial charge in [-0.2, -0.15) is 0 Å². The zero-order chi connectivity index (χ0) is 19.1. The minimum atomic E-state index is -1.05. The van der Waals surface area contributed by atoms with E-state index in [1.807, 2.05) is 44.2 Å². The predicted octanol–water partition coefficient (Wildman–Crippen LogP) is 3.03. The van der Waals surface area contributed by atoms with Crippen LogP contribution in [0.15, 0.2) is 48.7 Å². The molecule has 6 heteroatoms. The summed E-state index contributed by atoms with van der Waals surface area (Å²) in [6, 6.07) is 11.4. The summed E-state index contributed by atoms with van der Waals surface area (Å²) >= 11 is 0. The van der Waals surface area contributed by atoms with E-state index in [1.54, 1.807) is 12.1 Å². The van der Waals surface area contributed by atoms with E-state index in [1.165, 1.54) is 18.1 Å². The summed E-state index contributed by atoms with van der Waals surface area (Å²) in [4.78, 5) is 29.8. The van der Waals surface area contributed by atoms with E-state index < -0.39 is 12.0 Å². The highest BCUT2D eigenvalue weighted by atomic mass is 16.5. The largest absolute Gasteiger partial charge is 0.480 e. The highest BCUT2D eigenvalue weighted by Crippen LogP contribution is 2.16. The molecule has 2 aromatic rings. The number of carboxylic acid groups (broad SMARTS) is 1. The Bertz CT molecular complexity index is 748. The molecule has 1 N–H and O–H groups in total. The first-order valence-corrected chi connectivity index (χ1v) is 8.59. The van der Waals surface area contributed by atoms with Crippen LogP contribution in [-0.4, -0.2) is 46.1 Å². The molecular weight excluding hydrogens is 332 g/mol. The minimum Gasteiger partial charge on any atom is -0.480 e. The first-order chi connectivity index (χ1) is 12.4. The van der Waals surface area contributed by atoms with Crippen LogP contribution in [0, 0.1) is 0 Å². The maximum atomic E-state index is 12.8. The summed E-state index contributed by atoms with van der Waals surface area (Å²) in [6.07, 6.45) is 2.53. The van der Waals surface area contributed by atoms with Gasteiger partial charge in [0.1, 0.15) is 6.04 Å². The Kier molecular flexibility index (Phi) is 6.72. The number of hydrogen-bond acceptors (Lipinski definition) is 4. The summed E-state index contributed by atoms with van der Waals surface area (Å²) < 4.78 is 5.64. The van der Waals surface area contributed by atoms with Gasteiger partial charge in [-0.15, -0.1) is 0 Å². The highest BCUT2D eigenvalue weighted by Gasteiger charge is 2.27. The number of pyridine rings is 1. The van der Waals surface area contributed by atoms with Gasteiger partial charge in [-0.3, -0.25) is 4.79 Å². The zero-order valence-corrected chi connectivity index (χ0v) is 15.3. The van der Waals surface area contributed by atoms with Gasteiger partial charge in [-0.25, -0.2) is 9.78 Å². The number of carboxylic acids is 1. The van der Waals surface area contributed by atoms with Crippen LogP contribution >= 0.6 is 0 Å². The second kappa shape index (κ2) is 8.99. The number of amides is 1. The molecule has 26 heavy (non-hydrogen) atoms. The van der Waals surface area contributed by atoms with Crippen molar-refractivity contribution in [3.63, 3.8) is 0 Å². The van der Waals surface area contributed by atoms with Crippen LogP contribution in [0.2, 0.25) is 0 Å². The summed E-state index contributed by atoms with van der Waals surface area (Å²) in [5, 5.41) is 9.58. The normalized spacial score (nSPS) is 12.9. The number of likely N-dealkylation sites (N-methyl/N-ethyl adjacent to an activating group) is 1. The molecular formula is C20H24N2O4. The fraction of sp³-hybridized carbons (Fsp3) is 0.350. The Morgan fingerprint density at radius 3 is 2.54 bits per heavy atom. The van der Waals surface area contributed by atoms with E-state index >= 15 is 0 Å². The van der Waals surface area contributed by atoms with Gasteiger partial charge in [-0.05, 0) is 25.0 Å². The van der Waals surface area contributed by atoms with Crippen molar-refractivity contribution < 1.29 is 19.4 Å². The molecule has 1 aromatic heterocycles. The fourth-order valence-corrected chi connectivity index (χ4v) is 2.47. The Hall–Kier alpha value is -2.89. The van der Waals surface area contributed by atoms with Gasteiger partial charge in [-0.1, -0.05) is 37.3 Å². The van der Waals surface area contributed by atoms with Crippen molar-refractivity contribution in [1.29, 1.82) is 0 Å². The van der Waals surface area contributed by atoms with Gasteiger partial charge in [0, 0.05) is 31.3 Å². The van der Waals surface area contributed by atoms with Crippen molar-refractivity contribution in [3.8, 4) is 5.88 Å². The molecule has 0 radical (unpaired) electrons. The average Bonchev–Trinajstić information content (AvgIpc) is 2.65. The smallest absolute Gasteiger partial charge is 0.326 e. The molecule has 0 spiro atoms. The summed E-state index contributed by atoms with van der Waals surface area (Å²) in [5.74, 6) is -1.08. The van der Waals surface area contributed by atoms with E-state index in [2.05, 4.69) is 4.98 Å². The van der Waals surface area contributed by atoms with Crippen LogP contribution < -0.4 is 4.74 Å². The number of benzene rings is 1. The molecule has 1 heterocycles. The Balaban J connectivity index is 2.18. The number of nitrogens with zero attached hydrogens (tertiary/aromatic N) is 2. The number of ether oxygens (including phenoxy) is 1. The molecule has 0 aliphatic heterocycles. The lowest BCUT2D eigenvalue weighted by molar-refractivity contribution is -0.141. The molecule has 2 unspecified atom stereocenters. The Labute approximate surface area is 153 Å². The van der Waals surface area contributed by atoms with Crippen molar-refractivity contribution in [3.05, 3.63) is 59.8 Å². The molecule has 2 rings (SSSR count). The summed E-state index contributed by atoms with van der Waals surface area (Å²) in [7, 11) is 1.50. The third-order valence-electron chi connectivity index (χ3n) is 4.22. The molecule has 1 amide bonds. The van der Waals surface area contributed by atoms with Crippen LogP contribution in [0.4, 0.5) is 0 Å². The predicted molar refractivity (Wildman–Crippen MR) is 98.3 cm³/mol. The van der Waals surface area contributed by atoms with Crippen LogP contribution in [0.3, 0.4) is 0 Å². The fourth-order valence-electron chi connectivity index (χ4n) is 2.47. The third kappa shape index (κ3) is 5.05. The van der Waals surface area contributed by atoms with Crippen molar-refractivity contribution in [1.82, 2.24) is 9.88 Å². The van der Waals surface area contributed by atoms with Gasteiger partial charge in [0.25, 0.3) is 5.91 Å². The second-order valence-corrected chi connectivity index (χ2v) is 6.18. The van der Waals surface area contributed by atoms with Gasteiger partial charge < -0.3 is 14.7 Å². The van der Waals surface area contributed by atoms with E-state index in [-0.39, 0.29) is 18.4 Å². The van der Waals surface area contributed by atoms with E-state index in [9.17, 15) is 14.7 Å². The lowest BCUT2D eigenvalue weighted by Crippen LogP contribution is -2.43. The van der Waals surface area contributed by atoms with Gasteiger partial charge >= 0.3 is 5.97 Å². The number of rotatable bonds is 8. The standard InChI is InChI=1S/C20H24N2O4/c1-4-14(2)26-18-13-16(10-11-21-18)19(23)22(3)17(20(24)25)12-15-8-6-5-7-9-15/h5-11,13-14,17H,4,12H2,1-3H3,(H,24,25). The van der Waals surface area contributed by atoms with E-state index in [0.29, 0.717) is 11.4 Å². The van der Waals surface area contributed by atoms with Crippen LogP contribution in [0.1, 0.15) is 36.2 Å². The minimum absolute atomic E-state index is 0.0181. The topological polar surface area (TPSA) is 79.7 Å². The second-order valence-electron chi connectivity index (χ2n) is 6.18. The number of aromatic nitrogens is 1. The monoisotopic (exact) mass is 356 g/mol. The van der Waals surface area contributed by atoms with Crippen LogP contribution in [-0.2, 0) is 11.2 Å². The molecule has 0 saturated carbocycles. The average molecular weight is 356 g/mol. The number of carbonyl (C=O) groups excluding carboxylic acids is 1. The SMILES string of the molecule is CCC(C)Oc1cc(C(=O)N(C)C(Cc2ccccc2)C(=O)O)ccn1. The lowest BCUT2D eigenvalue weighted by atomic mass is 10.0. The van der Waals surface area contributed by atoms with Gasteiger partial charge in [0.05, 0.1) is 6.10 Å². The van der Waals surface area contributed by atoms with Crippen LogP contribution in [0.25, 0.3) is 0 Å². The van der Waals surface area contributed by atoms with Crippen molar-refractivity contribution >= 4 is 11.9 Å². The molecule has 0 aliphatic carbocycles. The third-order valence-corrected chi connectivity index (χ3v) is 4.22.